The van der Waals surface area contributed by atoms with Gasteiger partial charge in [-0.25, -0.2) is 0 Å². The van der Waals surface area contributed by atoms with E-state index in [1.165, 1.54) is 0 Å². The van der Waals surface area contributed by atoms with Crippen LogP contribution < -0.4 is 20.1 Å². The monoisotopic (exact) mass is 390 g/mol. The molecule has 0 heterocycles. The van der Waals surface area contributed by atoms with Crippen molar-refractivity contribution in [2.45, 2.75) is 6.92 Å². The fourth-order valence-corrected chi connectivity index (χ4v) is 2.59. The Hall–Kier alpha value is -3.80. The number of rotatable bonds is 8. The molecule has 3 aromatic rings. The molecule has 0 aromatic heterocycles. The lowest BCUT2D eigenvalue weighted by molar-refractivity contribution is -0.118. The summed E-state index contributed by atoms with van der Waals surface area (Å²) in [4.78, 5) is 24.2. The van der Waals surface area contributed by atoms with E-state index >= 15 is 0 Å². The third kappa shape index (κ3) is 6.70. The Balaban J connectivity index is 1.48. The number of hydrogen-bond donors (Lipinski definition) is 2. The van der Waals surface area contributed by atoms with E-state index in [0.29, 0.717) is 22.9 Å². The second kappa shape index (κ2) is 9.94. The molecule has 29 heavy (non-hydrogen) atoms. The van der Waals surface area contributed by atoms with Crippen molar-refractivity contribution in [3.05, 3.63) is 84.4 Å². The molecule has 0 unspecified atom stereocenters. The van der Waals surface area contributed by atoms with E-state index in [0.717, 1.165) is 5.56 Å². The molecule has 6 nitrogen and oxygen atoms in total. The lowest BCUT2D eigenvalue weighted by Gasteiger charge is -2.10. The standard InChI is InChI=1S/C23H22N2O4/c1-17-7-5-12-21(13-17)29-16-23(27)25-19-9-6-8-18(14-19)24-22(26)15-28-20-10-3-2-4-11-20/h2-14H,15-16H2,1H3,(H,24,26)(H,25,27). The van der Waals surface area contributed by atoms with Crippen molar-refractivity contribution < 1.29 is 19.1 Å². The van der Waals surface area contributed by atoms with E-state index in [9.17, 15) is 9.59 Å². The molecule has 2 amide bonds. The second-order valence-corrected chi connectivity index (χ2v) is 6.38. The van der Waals surface area contributed by atoms with Crippen molar-refractivity contribution in [1.29, 1.82) is 0 Å². The van der Waals surface area contributed by atoms with E-state index in [4.69, 9.17) is 9.47 Å². The second-order valence-electron chi connectivity index (χ2n) is 6.38. The molecule has 0 aliphatic rings. The van der Waals surface area contributed by atoms with Crippen molar-refractivity contribution in [2.75, 3.05) is 23.8 Å². The van der Waals surface area contributed by atoms with Gasteiger partial charge in [-0.15, -0.1) is 0 Å². The molecule has 148 valence electrons. The Labute approximate surface area is 169 Å². The van der Waals surface area contributed by atoms with Gasteiger partial charge in [-0.05, 0) is 55.0 Å². The molecule has 0 aliphatic carbocycles. The van der Waals surface area contributed by atoms with E-state index in [1.54, 1.807) is 42.5 Å². The van der Waals surface area contributed by atoms with Gasteiger partial charge in [-0.1, -0.05) is 36.4 Å². The number of anilines is 2. The lowest BCUT2D eigenvalue weighted by atomic mass is 10.2. The van der Waals surface area contributed by atoms with Crippen LogP contribution >= 0.6 is 0 Å². The van der Waals surface area contributed by atoms with E-state index in [-0.39, 0.29) is 25.0 Å². The number of para-hydroxylation sites is 1. The summed E-state index contributed by atoms with van der Waals surface area (Å²) < 4.78 is 10.9. The molecule has 0 aliphatic heterocycles. The van der Waals surface area contributed by atoms with Crippen LogP contribution in [0.3, 0.4) is 0 Å². The SMILES string of the molecule is Cc1cccc(OCC(=O)Nc2cccc(NC(=O)COc3ccccc3)c2)c1. The van der Waals surface area contributed by atoms with Crippen molar-refractivity contribution >= 4 is 23.2 Å². The van der Waals surface area contributed by atoms with Gasteiger partial charge in [0.1, 0.15) is 11.5 Å². The predicted molar refractivity (Wildman–Crippen MR) is 112 cm³/mol. The van der Waals surface area contributed by atoms with Crippen LogP contribution in [-0.2, 0) is 9.59 Å². The highest BCUT2D eigenvalue weighted by Gasteiger charge is 2.07. The lowest BCUT2D eigenvalue weighted by Crippen LogP contribution is -2.21. The summed E-state index contributed by atoms with van der Waals surface area (Å²) in [7, 11) is 0. The molecule has 0 radical (unpaired) electrons. The third-order valence-electron chi connectivity index (χ3n) is 3.90. The molecule has 0 saturated carbocycles. The number of hydrogen-bond acceptors (Lipinski definition) is 4. The molecule has 0 saturated heterocycles. The fraction of sp³-hybridized carbons (Fsp3) is 0.130. The van der Waals surface area contributed by atoms with Gasteiger partial charge in [0, 0.05) is 11.4 Å². The molecule has 3 rings (SSSR count). The van der Waals surface area contributed by atoms with Crippen LogP contribution in [0.2, 0.25) is 0 Å². The molecule has 6 heteroatoms. The zero-order valence-corrected chi connectivity index (χ0v) is 16.1. The first-order valence-corrected chi connectivity index (χ1v) is 9.15. The van der Waals surface area contributed by atoms with Gasteiger partial charge in [0.25, 0.3) is 11.8 Å². The first-order chi connectivity index (χ1) is 14.1. The predicted octanol–water partition coefficient (Wildman–Crippen LogP) is 4.03. The highest BCUT2D eigenvalue weighted by Crippen LogP contribution is 2.16. The first-order valence-electron chi connectivity index (χ1n) is 9.15. The highest BCUT2D eigenvalue weighted by atomic mass is 16.5. The smallest absolute Gasteiger partial charge is 0.262 e. The van der Waals surface area contributed by atoms with Gasteiger partial charge in [0.2, 0.25) is 0 Å². The summed E-state index contributed by atoms with van der Waals surface area (Å²) in [5, 5.41) is 5.50. The Morgan fingerprint density at radius 2 is 1.24 bits per heavy atom. The number of aryl methyl sites for hydroxylation is 1. The average Bonchev–Trinajstić information content (AvgIpc) is 2.72. The Morgan fingerprint density at radius 3 is 1.86 bits per heavy atom. The summed E-state index contributed by atoms with van der Waals surface area (Å²) in [6.07, 6.45) is 0. The summed E-state index contributed by atoms with van der Waals surface area (Å²) in [5.74, 6) is 0.680. The summed E-state index contributed by atoms with van der Waals surface area (Å²) in [5.41, 5.74) is 2.18. The van der Waals surface area contributed by atoms with Crippen molar-refractivity contribution in [3.8, 4) is 11.5 Å². The van der Waals surface area contributed by atoms with Crippen LogP contribution in [0.1, 0.15) is 5.56 Å². The number of ether oxygens (including phenoxy) is 2. The number of amides is 2. The first kappa shape index (κ1) is 19.9. The molecule has 0 atom stereocenters. The minimum Gasteiger partial charge on any atom is -0.484 e. The quantitative estimate of drug-likeness (QED) is 0.609. The molecular weight excluding hydrogens is 368 g/mol. The summed E-state index contributed by atoms with van der Waals surface area (Å²) >= 11 is 0. The zero-order valence-electron chi connectivity index (χ0n) is 16.1. The van der Waals surface area contributed by atoms with Crippen LogP contribution in [0.4, 0.5) is 11.4 Å². The Bertz CT molecular complexity index is 973. The summed E-state index contributed by atoms with van der Waals surface area (Å²) in [6, 6.07) is 23.5. The minimum atomic E-state index is -0.292. The van der Waals surface area contributed by atoms with Crippen LogP contribution in [0.15, 0.2) is 78.9 Å². The van der Waals surface area contributed by atoms with E-state index in [1.807, 2.05) is 43.3 Å². The maximum atomic E-state index is 12.1. The van der Waals surface area contributed by atoms with Crippen molar-refractivity contribution in [3.63, 3.8) is 0 Å². The normalized spacial score (nSPS) is 10.1. The largest absolute Gasteiger partial charge is 0.484 e. The van der Waals surface area contributed by atoms with E-state index in [2.05, 4.69) is 10.6 Å². The molecule has 2 N–H and O–H groups in total. The van der Waals surface area contributed by atoms with Crippen LogP contribution in [0.5, 0.6) is 11.5 Å². The third-order valence-corrected chi connectivity index (χ3v) is 3.90. The maximum Gasteiger partial charge on any atom is 0.262 e. The fourth-order valence-electron chi connectivity index (χ4n) is 2.59. The highest BCUT2D eigenvalue weighted by molar-refractivity contribution is 5.95. The number of carbonyl (C=O) groups is 2. The average molecular weight is 390 g/mol. The Morgan fingerprint density at radius 1 is 0.690 bits per heavy atom. The van der Waals surface area contributed by atoms with Gasteiger partial charge in [-0.3, -0.25) is 9.59 Å². The van der Waals surface area contributed by atoms with Crippen LogP contribution in [-0.4, -0.2) is 25.0 Å². The molecular formula is C23H22N2O4. The Kier molecular flexibility index (Phi) is 6.84. The molecule has 0 spiro atoms. The maximum absolute atomic E-state index is 12.1. The van der Waals surface area contributed by atoms with Gasteiger partial charge < -0.3 is 20.1 Å². The topological polar surface area (TPSA) is 76.7 Å². The van der Waals surface area contributed by atoms with Gasteiger partial charge >= 0.3 is 0 Å². The van der Waals surface area contributed by atoms with Crippen molar-refractivity contribution in [2.24, 2.45) is 0 Å². The van der Waals surface area contributed by atoms with Gasteiger partial charge in [-0.2, -0.15) is 0 Å². The van der Waals surface area contributed by atoms with Crippen LogP contribution in [0.25, 0.3) is 0 Å². The molecule has 0 bridgehead atoms. The molecule has 0 fully saturated rings. The van der Waals surface area contributed by atoms with E-state index < -0.39 is 0 Å². The number of benzene rings is 3. The zero-order chi connectivity index (χ0) is 20.5. The van der Waals surface area contributed by atoms with Crippen LogP contribution in [0, 0.1) is 6.92 Å². The van der Waals surface area contributed by atoms with Crippen molar-refractivity contribution in [1.82, 2.24) is 0 Å². The number of carbonyl (C=O) groups excluding carboxylic acids is 2. The summed E-state index contributed by atoms with van der Waals surface area (Å²) in [6.45, 7) is 1.74. The van der Waals surface area contributed by atoms with Gasteiger partial charge in [0.05, 0.1) is 0 Å². The minimum absolute atomic E-state index is 0.106. The molecule has 3 aromatic carbocycles. The van der Waals surface area contributed by atoms with Gasteiger partial charge in [0.15, 0.2) is 13.2 Å². The number of nitrogens with one attached hydrogen (secondary N) is 2.